The summed E-state index contributed by atoms with van der Waals surface area (Å²) in [5.41, 5.74) is 2.87. The number of fused-ring (bicyclic) bond motifs is 1. The van der Waals surface area contributed by atoms with Crippen LogP contribution in [0.5, 0.6) is 5.75 Å². The molecule has 0 unspecified atom stereocenters. The van der Waals surface area contributed by atoms with Gasteiger partial charge < -0.3 is 19.0 Å². The minimum absolute atomic E-state index is 0.330. The van der Waals surface area contributed by atoms with Crippen LogP contribution in [0.3, 0.4) is 0 Å². The van der Waals surface area contributed by atoms with Crippen LogP contribution in [0, 0.1) is 6.92 Å². The SMILES string of the molecule is COCc1noc(-c2[nH]c3ccc(OC)cc3c2C)n1. The van der Waals surface area contributed by atoms with E-state index < -0.39 is 0 Å². The second-order valence-electron chi connectivity index (χ2n) is 4.49. The molecule has 0 spiro atoms. The van der Waals surface area contributed by atoms with Gasteiger partial charge >= 0.3 is 0 Å². The van der Waals surface area contributed by atoms with Crippen LogP contribution in [0.4, 0.5) is 0 Å². The van der Waals surface area contributed by atoms with E-state index in [4.69, 9.17) is 14.0 Å². The number of benzene rings is 1. The first-order valence-corrected chi connectivity index (χ1v) is 6.21. The topological polar surface area (TPSA) is 73.2 Å². The molecule has 0 fully saturated rings. The van der Waals surface area contributed by atoms with Crippen molar-refractivity contribution in [2.45, 2.75) is 13.5 Å². The number of nitrogens with zero attached hydrogens (tertiary/aromatic N) is 2. The van der Waals surface area contributed by atoms with Crippen LogP contribution in [0.1, 0.15) is 11.4 Å². The van der Waals surface area contributed by atoms with Gasteiger partial charge in [0.1, 0.15) is 18.1 Å². The summed E-state index contributed by atoms with van der Waals surface area (Å²) in [6.45, 7) is 2.34. The number of rotatable bonds is 4. The average molecular weight is 273 g/mol. The third-order valence-electron chi connectivity index (χ3n) is 3.22. The number of ether oxygens (including phenoxy) is 2. The molecule has 0 amide bonds. The summed E-state index contributed by atoms with van der Waals surface area (Å²) in [4.78, 5) is 7.60. The van der Waals surface area contributed by atoms with Crippen molar-refractivity contribution in [3.8, 4) is 17.3 Å². The molecular formula is C14H15N3O3. The fourth-order valence-electron chi connectivity index (χ4n) is 2.19. The Labute approximate surface area is 115 Å². The first-order chi connectivity index (χ1) is 9.72. The van der Waals surface area contributed by atoms with Gasteiger partial charge in [-0.3, -0.25) is 0 Å². The monoisotopic (exact) mass is 273 g/mol. The zero-order valence-electron chi connectivity index (χ0n) is 11.6. The fourth-order valence-corrected chi connectivity index (χ4v) is 2.19. The van der Waals surface area contributed by atoms with Gasteiger partial charge in [-0.05, 0) is 30.7 Å². The van der Waals surface area contributed by atoms with Crippen LogP contribution < -0.4 is 4.74 Å². The Bertz CT molecular complexity index is 745. The molecule has 1 N–H and O–H groups in total. The Morgan fingerprint density at radius 3 is 2.90 bits per heavy atom. The van der Waals surface area contributed by atoms with Gasteiger partial charge in [0.05, 0.1) is 7.11 Å². The maximum absolute atomic E-state index is 5.27. The lowest BCUT2D eigenvalue weighted by atomic mass is 10.1. The summed E-state index contributed by atoms with van der Waals surface area (Å²) in [5, 5.41) is 4.95. The second-order valence-corrected chi connectivity index (χ2v) is 4.49. The highest BCUT2D eigenvalue weighted by atomic mass is 16.5. The summed E-state index contributed by atoms with van der Waals surface area (Å²) in [5.74, 6) is 1.81. The van der Waals surface area contributed by atoms with Gasteiger partial charge in [-0.15, -0.1) is 0 Å². The molecule has 0 radical (unpaired) electrons. The Morgan fingerprint density at radius 1 is 1.30 bits per heavy atom. The quantitative estimate of drug-likeness (QED) is 0.791. The Kier molecular flexibility index (Phi) is 3.15. The van der Waals surface area contributed by atoms with E-state index in [9.17, 15) is 0 Å². The number of aryl methyl sites for hydroxylation is 1. The number of methoxy groups -OCH3 is 2. The van der Waals surface area contributed by atoms with E-state index in [0.717, 1.165) is 27.9 Å². The average Bonchev–Trinajstić information content (AvgIpc) is 3.04. The molecule has 0 saturated carbocycles. The highest BCUT2D eigenvalue weighted by Crippen LogP contribution is 2.30. The van der Waals surface area contributed by atoms with Gasteiger partial charge in [-0.1, -0.05) is 5.16 Å². The normalized spacial score (nSPS) is 11.2. The summed E-state index contributed by atoms with van der Waals surface area (Å²) in [6, 6.07) is 5.86. The van der Waals surface area contributed by atoms with Crippen LogP contribution in [-0.2, 0) is 11.3 Å². The predicted octanol–water partition coefficient (Wildman–Crippen LogP) is 2.68. The first kappa shape index (κ1) is 12.7. The first-order valence-electron chi connectivity index (χ1n) is 6.21. The van der Waals surface area contributed by atoms with Crippen LogP contribution in [0.25, 0.3) is 22.5 Å². The molecule has 0 atom stereocenters. The maximum atomic E-state index is 5.27. The molecule has 20 heavy (non-hydrogen) atoms. The molecule has 0 aliphatic carbocycles. The molecule has 6 nitrogen and oxygen atoms in total. The molecule has 3 aromatic rings. The maximum Gasteiger partial charge on any atom is 0.274 e. The number of hydrogen-bond acceptors (Lipinski definition) is 5. The van der Waals surface area contributed by atoms with Crippen molar-refractivity contribution in [3.63, 3.8) is 0 Å². The molecular weight excluding hydrogens is 258 g/mol. The smallest absolute Gasteiger partial charge is 0.274 e. The highest BCUT2D eigenvalue weighted by molar-refractivity contribution is 5.90. The standard InChI is InChI=1S/C14H15N3O3/c1-8-10-6-9(19-3)4-5-11(10)15-13(8)14-16-12(7-18-2)17-20-14/h4-6,15H,7H2,1-3H3. The van der Waals surface area contributed by atoms with Crippen molar-refractivity contribution >= 4 is 10.9 Å². The van der Waals surface area contributed by atoms with E-state index in [1.165, 1.54) is 0 Å². The van der Waals surface area contributed by atoms with E-state index in [1.54, 1.807) is 14.2 Å². The molecule has 6 heteroatoms. The van der Waals surface area contributed by atoms with Crippen molar-refractivity contribution in [1.29, 1.82) is 0 Å². The Balaban J connectivity index is 2.08. The van der Waals surface area contributed by atoms with E-state index in [0.29, 0.717) is 18.3 Å². The van der Waals surface area contributed by atoms with E-state index in [2.05, 4.69) is 15.1 Å². The summed E-state index contributed by atoms with van der Waals surface area (Å²) in [6.07, 6.45) is 0. The zero-order chi connectivity index (χ0) is 14.1. The van der Waals surface area contributed by atoms with E-state index in [-0.39, 0.29) is 0 Å². The van der Waals surface area contributed by atoms with Gasteiger partial charge in [0, 0.05) is 18.0 Å². The lowest BCUT2D eigenvalue weighted by Crippen LogP contribution is -1.89. The van der Waals surface area contributed by atoms with Gasteiger partial charge in [0.15, 0.2) is 5.82 Å². The molecule has 0 aliphatic heterocycles. The Morgan fingerprint density at radius 2 is 2.15 bits per heavy atom. The molecule has 2 aromatic heterocycles. The van der Waals surface area contributed by atoms with Crippen molar-refractivity contribution in [2.75, 3.05) is 14.2 Å². The second kappa shape index (κ2) is 4.97. The third kappa shape index (κ3) is 2.04. The van der Waals surface area contributed by atoms with Crippen molar-refractivity contribution in [1.82, 2.24) is 15.1 Å². The fraction of sp³-hybridized carbons (Fsp3) is 0.286. The van der Waals surface area contributed by atoms with Crippen molar-refractivity contribution < 1.29 is 14.0 Å². The predicted molar refractivity (Wildman–Crippen MR) is 73.6 cm³/mol. The van der Waals surface area contributed by atoms with Crippen molar-refractivity contribution in [3.05, 3.63) is 29.6 Å². The zero-order valence-corrected chi connectivity index (χ0v) is 11.6. The molecule has 1 aromatic carbocycles. The minimum atomic E-state index is 0.330. The molecule has 2 heterocycles. The van der Waals surface area contributed by atoms with Gasteiger partial charge in [-0.2, -0.15) is 4.98 Å². The molecule has 0 bridgehead atoms. The number of nitrogens with one attached hydrogen (secondary N) is 1. The lowest BCUT2D eigenvalue weighted by molar-refractivity contribution is 0.174. The van der Waals surface area contributed by atoms with Crippen LogP contribution in [0.15, 0.2) is 22.7 Å². The molecule has 104 valence electrons. The number of hydrogen-bond donors (Lipinski definition) is 1. The summed E-state index contributed by atoms with van der Waals surface area (Å²) >= 11 is 0. The molecule has 0 aliphatic rings. The molecule has 0 saturated heterocycles. The molecule has 3 rings (SSSR count). The van der Waals surface area contributed by atoms with E-state index in [1.807, 2.05) is 25.1 Å². The number of H-pyrrole nitrogens is 1. The third-order valence-corrected chi connectivity index (χ3v) is 3.22. The Hall–Kier alpha value is -2.34. The van der Waals surface area contributed by atoms with Gasteiger partial charge in [-0.25, -0.2) is 0 Å². The highest BCUT2D eigenvalue weighted by Gasteiger charge is 2.16. The summed E-state index contributed by atoms with van der Waals surface area (Å²) in [7, 11) is 3.25. The van der Waals surface area contributed by atoms with E-state index >= 15 is 0 Å². The largest absolute Gasteiger partial charge is 0.497 e. The minimum Gasteiger partial charge on any atom is -0.497 e. The summed E-state index contributed by atoms with van der Waals surface area (Å²) < 4.78 is 15.5. The van der Waals surface area contributed by atoms with Gasteiger partial charge in [0.2, 0.25) is 0 Å². The van der Waals surface area contributed by atoms with Crippen LogP contribution in [-0.4, -0.2) is 29.3 Å². The van der Waals surface area contributed by atoms with Crippen LogP contribution in [0.2, 0.25) is 0 Å². The lowest BCUT2D eigenvalue weighted by Gasteiger charge is -1.98. The van der Waals surface area contributed by atoms with Crippen LogP contribution >= 0.6 is 0 Å². The van der Waals surface area contributed by atoms with Crippen molar-refractivity contribution in [2.24, 2.45) is 0 Å². The van der Waals surface area contributed by atoms with Gasteiger partial charge in [0.25, 0.3) is 5.89 Å². The number of aromatic nitrogens is 3. The number of aromatic amines is 1.